The quantitative estimate of drug-likeness (QED) is 0.535. The third kappa shape index (κ3) is 2.64. The molecule has 2 amide bonds. The van der Waals surface area contributed by atoms with Crippen LogP contribution in [0, 0.1) is 0 Å². The molecule has 2 aromatic carbocycles. The zero-order chi connectivity index (χ0) is 14.8. The van der Waals surface area contributed by atoms with Gasteiger partial charge in [0.2, 0.25) is 0 Å². The molecule has 0 saturated carbocycles. The van der Waals surface area contributed by atoms with Crippen molar-refractivity contribution in [2.75, 3.05) is 18.0 Å². The van der Waals surface area contributed by atoms with Gasteiger partial charge in [-0.15, -0.1) is 11.8 Å². The Balaban J connectivity index is 1.68. The largest absolute Gasteiger partial charge is 0.399 e. The van der Waals surface area contributed by atoms with Crippen molar-refractivity contribution >= 4 is 29.3 Å². The number of nitrogen functional groups attached to an aromatic ring is 1. The summed E-state index contributed by atoms with van der Waals surface area (Å²) in [5.74, 6) is 0.185. The molecule has 1 aliphatic rings. The first-order chi connectivity index (χ1) is 10.2. The third-order valence-electron chi connectivity index (χ3n) is 3.32. The second-order valence-electron chi connectivity index (χ2n) is 4.73. The summed E-state index contributed by atoms with van der Waals surface area (Å²) >= 11 is 1.62. The number of thioether (sulfide) groups is 1. The number of amides is 2. The van der Waals surface area contributed by atoms with Crippen LogP contribution in [0.15, 0.2) is 53.4 Å². The maximum atomic E-state index is 12.2. The van der Waals surface area contributed by atoms with E-state index >= 15 is 0 Å². The molecule has 0 unspecified atom stereocenters. The first-order valence-corrected chi connectivity index (χ1v) is 7.59. The fourth-order valence-electron chi connectivity index (χ4n) is 2.28. The minimum absolute atomic E-state index is 0.233. The molecule has 0 radical (unpaired) electrons. The number of hydrogen-bond donors (Lipinski definition) is 1. The summed E-state index contributed by atoms with van der Waals surface area (Å²) in [6.45, 7) is 0.395. The number of nitrogens with zero attached hydrogens (tertiary/aromatic N) is 1. The van der Waals surface area contributed by atoms with Crippen LogP contribution in [0.25, 0.3) is 0 Å². The van der Waals surface area contributed by atoms with Gasteiger partial charge in [-0.25, -0.2) is 0 Å². The summed E-state index contributed by atoms with van der Waals surface area (Å²) in [6, 6.07) is 14.7. The first-order valence-electron chi connectivity index (χ1n) is 6.60. The monoisotopic (exact) mass is 298 g/mol. The second kappa shape index (κ2) is 5.61. The molecule has 0 aromatic heterocycles. The maximum Gasteiger partial charge on any atom is 0.261 e. The predicted molar refractivity (Wildman–Crippen MR) is 83.4 cm³/mol. The minimum atomic E-state index is -0.254. The van der Waals surface area contributed by atoms with Gasteiger partial charge in [-0.1, -0.05) is 18.2 Å². The van der Waals surface area contributed by atoms with E-state index in [0.717, 1.165) is 4.90 Å². The Morgan fingerprint density at radius 1 is 0.952 bits per heavy atom. The summed E-state index contributed by atoms with van der Waals surface area (Å²) < 4.78 is 0. The fourth-order valence-corrected chi connectivity index (χ4v) is 3.14. The Hall–Kier alpha value is -2.27. The van der Waals surface area contributed by atoms with Crippen LogP contribution in [-0.4, -0.2) is 29.0 Å². The zero-order valence-corrected chi connectivity index (χ0v) is 12.1. The van der Waals surface area contributed by atoms with Crippen LogP contribution in [0.3, 0.4) is 0 Å². The molecular weight excluding hydrogens is 284 g/mol. The van der Waals surface area contributed by atoms with E-state index in [1.54, 1.807) is 30.0 Å². The highest BCUT2D eigenvalue weighted by molar-refractivity contribution is 7.99. The van der Waals surface area contributed by atoms with Gasteiger partial charge in [0.1, 0.15) is 0 Å². The fraction of sp³-hybridized carbons (Fsp3) is 0.125. The molecule has 21 heavy (non-hydrogen) atoms. The van der Waals surface area contributed by atoms with Crippen molar-refractivity contribution < 1.29 is 9.59 Å². The Labute approximate surface area is 126 Å². The topological polar surface area (TPSA) is 63.4 Å². The lowest BCUT2D eigenvalue weighted by Gasteiger charge is -2.13. The van der Waals surface area contributed by atoms with Crippen molar-refractivity contribution in [1.29, 1.82) is 0 Å². The van der Waals surface area contributed by atoms with Gasteiger partial charge < -0.3 is 5.73 Å². The molecule has 0 fully saturated rings. The highest BCUT2D eigenvalue weighted by atomic mass is 32.2. The van der Waals surface area contributed by atoms with Gasteiger partial charge in [0.15, 0.2) is 0 Å². The number of imide groups is 1. The van der Waals surface area contributed by atoms with E-state index in [1.807, 2.05) is 30.3 Å². The molecule has 2 aromatic rings. The van der Waals surface area contributed by atoms with E-state index in [2.05, 4.69) is 0 Å². The highest BCUT2D eigenvalue weighted by Gasteiger charge is 2.34. The van der Waals surface area contributed by atoms with Crippen LogP contribution >= 0.6 is 11.8 Å². The van der Waals surface area contributed by atoms with E-state index < -0.39 is 0 Å². The molecule has 0 saturated heterocycles. The van der Waals surface area contributed by atoms with Crippen molar-refractivity contribution in [3.63, 3.8) is 0 Å². The van der Waals surface area contributed by atoms with Crippen molar-refractivity contribution in [3.8, 4) is 0 Å². The molecule has 0 atom stereocenters. The summed E-state index contributed by atoms with van der Waals surface area (Å²) in [5, 5.41) is 0. The number of carbonyl (C=O) groups is 2. The SMILES string of the molecule is Nc1ccc2c(c1)C(=O)N(CCSc1ccccc1)C2=O. The number of anilines is 1. The second-order valence-corrected chi connectivity index (χ2v) is 5.90. The number of carbonyl (C=O) groups excluding carboxylic acids is 2. The van der Waals surface area contributed by atoms with Gasteiger partial charge in [-0.2, -0.15) is 0 Å². The standard InChI is InChI=1S/C16H14N2O2S/c17-11-6-7-13-14(10-11)16(20)18(15(13)19)8-9-21-12-4-2-1-3-5-12/h1-7,10H,8-9,17H2. The van der Waals surface area contributed by atoms with Crippen LogP contribution in [-0.2, 0) is 0 Å². The van der Waals surface area contributed by atoms with E-state index in [-0.39, 0.29) is 11.8 Å². The van der Waals surface area contributed by atoms with Gasteiger partial charge >= 0.3 is 0 Å². The minimum Gasteiger partial charge on any atom is -0.399 e. The summed E-state index contributed by atoms with van der Waals surface area (Å²) in [7, 11) is 0. The lowest BCUT2D eigenvalue weighted by molar-refractivity contribution is 0.0664. The summed E-state index contributed by atoms with van der Waals surface area (Å²) in [4.78, 5) is 26.9. The van der Waals surface area contributed by atoms with Crippen LogP contribution in [0.1, 0.15) is 20.7 Å². The molecule has 1 aliphatic heterocycles. The number of fused-ring (bicyclic) bond motifs is 1. The molecule has 3 rings (SSSR count). The Morgan fingerprint density at radius 2 is 1.67 bits per heavy atom. The molecule has 1 heterocycles. The number of benzene rings is 2. The normalized spacial score (nSPS) is 13.6. The first kappa shape index (κ1) is 13.7. The van der Waals surface area contributed by atoms with Crippen molar-refractivity contribution in [2.24, 2.45) is 0 Å². The molecule has 4 nitrogen and oxygen atoms in total. The number of hydrogen-bond acceptors (Lipinski definition) is 4. The van der Waals surface area contributed by atoms with E-state index in [4.69, 9.17) is 5.73 Å². The highest BCUT2D eigenvalue weighted by Crippen LogP contribution is 2.25. The van der Waals surface area contributed by atoms with Gasteiger partial charge in [0.05, 0.1) is 11.1 Å². The number of rotatable bonds is 4. The van der Waals surface area contributed by atoms with Crippen LogP contribution in [0.4, 0.5) is 5.69 Å². The lowest BCUT2D eigenvalue weighted by atomic mass is 10.1. The molecular formula is C16H14N2O2S. The predicted octanol–water partition coefficient (Wildman–Crippen LogP) is 2.66. The molecule has 106 valence electrons. The van der Waals surface area contributed by atoms with Gasteiger partial charge in [0, 0.05) is 22.9 Å². The Morgan fingerprint density at radius 3 is 2.43 bits per heavy atom. The summed E-state index contributed by atoms with van der Waals surface area (Å²) in [5.41, 5.74) is 7.02. The van der Waals surface area contributed by atoms with E-state index in [0.29, 0.717) is 29.1 Å². The summed E-state index contributed by atoms with van der Waals surface area (Å²) in [6.07, 6.45) is 0. The van der Waals surface area contributed by atoms with Gasteiger partial charge in [-0.3, -0.25) is 14.5 Å². The maximum absolute atomic E-state index is 12.2. The van der Waals surface area contributed by atoms with E-state index in [1.165, 1.54) is 4.90 Å². The lowest BCUT2D eigenvalue weighted by Crippen LogP contribution is -2.31. The average molecular weight is 298 g/mol. The average Bonchev–Trinajstić information content (AvgIpc) is 2.73. The molecule has 0 bridgehead atoms. The molecule has 2 N–H and O–H groups in total. The molecule has 0 spiro atoms. The van der Waals surface area contributed by atoms with Crippen LogP contribution in [0.2, 0.25) is 0 Å². The smallest absolute Gasteiger partial charge is 0.261 e. The molecule has 5 heteroatoms. The van der Waals surface area contributed by atoms with Crippen LogP contribution in [0.5, 0.6) is 0 Å². The Kier molecular flexibility index (Phi) is 3.66. The zero-order valence-electron chi connectivity index (χ0n) is 11.3. The van der Waals surface area contributed by atoms with Crippen molar-refractivity contribution in [2.45, 2.75) is 4.90 Å². The van der Waals surface area contributed by atoms with Gasteiger partial charge in [-0.05, 0) is 30.3 Å². The van der Waals surface area contributed by atoms with E-state index in [9.17, 15) is 9.59 Å². The van der Waals surface area contributed by atoms with Gasteiger partial charge in [0.25, 0.3) is 11.8 Å². The van der Waals surface area contributed by atoms with Crippen molar-refractivity contribution in [1.82, 2.24) is 4.90 Å². The Bertz CT molecular complexity index is 701. The molecule has 0 aliphatic carbocycles. The van der Waals surface area contributed by atoms with Crippen LogP contribution < -0.4 is 5.73 Å². The third-order valence-corrected chi connectivity index (χ3v) is 4.31. The van der Waals surface area contributed by atoms with Crippen molar-refractivity contribution in [3.05, 3.63) is 59.7 Å². The number of nitrogens with two attached hydrogens (primary N) is 1.